The molecule has 1 heterocycles. The summed E-state index contributed by atoms with van der Waals surface area (Å²) < 4.78 is 11.7. The largest absolute Gasteiger partial charge is 0.462 e. The first-order chi connectivity index (χ1) is 9.52. The molecule has 1 aromatic heterocycles. The van der Waals surface area contributed by atoms with Gasteiger partial charge in [0.15, 0.2) is 5.58 Å². The third-order valence-corrected chi connectivity index (χ3v) is 3.75. The second-order valence-electron chi connectivity index (χ2n) is 4.24. The molecule has 0 atom stereocenters. The molecule has 0 saturated heterocycles. The van der Waals surface area contributed by atoms with Gasteiger partial charge >= 0.3 is 11.6 Å². The number of unbranched alkanes of at least 4 members (excludes halogenated alkanes) is 1. The molecular weight excluding hydrogens is 392 g/mol. The molecule has 0 fully saturated rings. The first-order valence-corrected chi connectivity index (χ1v) is 7.71. The summed E-state index contributed by atoms with van der Waals surface area (Å²) in [6.45, 7) is 2.29. The maximum atomic E-state index is 11.8. The molecule has 6 heteroatoms. The van der Waals surface area contributed by atoms with Crippen molar-refractivity contribution >= 4 is 48.8 Å². The number of carbonyl (C=O) groups excluding carboxylic acids is 1. The summed E-state index contributed by atoms with van der Waals surface area (Å²) in [6.07, 6.45) is 1.68. The van der Waals surface area contributed by atoms with Crippen LogP contribution in [-0.4, -0.2) is 12.6 Å². The van der Waals surface area contributed by atoms with Crippen LogP contribution in [0.4, 0.5) is 0 Å². The monoisotopic (exact) mass is 402 g/mol. The van der Waals surface area contributed by atoms with Crippen molar-refractivity contribution in [2.24, 2.45) is 0 Å². The van der Waals surface area contributed by atoms with E-state index in [2.05, 4.69) is 31.9 Å². The summed E-state index contributed by atoms with van der Waals surface area (Å²) in [6, 6.07) is 5.03. The van der Waals surface area contributed by atoms with E-state index < -0.39 is 11.6 Å². The maximum absolute atomic E-state index is 11.8. The fourth-order valence-corrected chi connectivity index (χ4v) is 3.03. The van der Waals surface area contributed by atoms with E-state index >= 15 is 0 Å². The van der Waals surface area contributed by atoms with E-state index in [1.165, 1.54) is 6.07 Å². The smallest absolute Gasteiger partial charge is 0.351 e. The number of ether oxygens (including phenoxy) is 1. The normalized spacial score (nSPS) is 10.8. The fraction of sp³-hybridized carbons (Fsp3) is 0.286. The van der Waals surface area contributed by atoms with Gasteiger partial charge in [-0.3, -0.25) is 0 Å². The molecule has 0 saturated carbocycles. The molecule has 2 rings (SSSR count). The van der Waals surface area contributed by atoms with Crippen LogP contribution in [0.15, 0.2) is 36.4 Å². The van der Waals surface area contributed by atoms with Gasteiger partial charge in [-0.15, -0.1) is 0 Å². The zero-order valence-electron chi connectivity index (χ0n) is 10.7. The van der Waals surface area contributed by atoms with Crippen molar-refractivity contribution in [1.29, 1.82) is 0 Å². The predicted octanol–water partition coefficient (Wildman–Crippen LogP) is 4.27. The number of halogens is 2. The van der Waals surface area contributed by atoms with Gasteiger partial charge in [-0.25, -0.2) is 9.59 Å². The minimum absolute atomic E-state index is 0.0846. The average Bonchev–Trinajstić information content (AvgIpc) is 2.39. The van der Waals surface area contributed by atoms with Crippen molar-refractivity contribution in [1.82, 2.24) is 0 Å². The fourth-order valence-electron chi connectivity index (χ4n) is 1.69. The molecule has 0 unspecified atom stereocenters. The Balaban J connectivity index is 2.42. The highest BCUT2D eigenvalue weighted by Crippen LogP contribution is 2.28. The van der Waals surface area contributed by atoms with Gasteiger partial charge in [0.1, 0.15) is 5.56 Å². The topological polar surface area (TPSA) is 56.5 Å². The molecule has 0 radical (unpaired) electrons. The number of benzene rings is 1. The molecule has 0 aliphatic carbocycles. The van der Waals surface area contributed by atoms with Crippen LogP contribution < -0.4 is 5.63 Å². The van der Waals surface area contributed by atoms with Crippen molar-refractivity contribution in [2.75, 3.05) is 6.61 Å². The highest BCUT2D eigenvalue weighted by atomic mass is 79.9. The van der Waals surface area contributed by atoms with Gasteiger partial charge in [-0.05, 0) is 40.5 Å². The lowest BCUT2D eigenvalue weighted by atomic mass is 10.2. The van der Waals surface area contributed by atoms with Crippen molar-refractivity contribution in [3.63, 3.8) is 0 Å². The van der Waals surface area contributed by atoms with Crippen LogP contribution in [0.1, 0.15) is 30.1 Å². The van der Waals surface area contributed by atoms with Crippen LogP contribution >= 0.6 is 31.9 Å². The molecule has 20 heavy (non-hydrogen) atoms. The van der Waals surface area contributed by atoms with Crippen LogP contribution in [0.3, 0.4) is 0 Å². The summed E-state index contributed by atoms with van der Waals surface area (Å²) in [5.74, 6) is -0.648. The Labute approximate surface area is 132 Å². The molecule has 4 nitrogen and oxygen atoms in total. The first-order valence-electron chi connectivity index (χ1n) is 6.13. The summed E-state index contributed by atoms with van der Waals surface area (Å²) in [4.78, 5) is 23.7. The standard InChI is InChI=1S/C14H12Br2O4/c1-2-3-4-19-13(17)10-6-8-5-9(15)7-11(16)12(8)20-14(10)18/h5-7H,2-4H2,1H3. The molecule has 0 aliphatic heterocycles. The van der Waals surface area contributed by atoms with E-state index in [4.69, 9.17) is 9.15 Å². The molecule has 0 aliphatic rings. The van der Waals surface area contributed by atoms with Gasteiger partial charge in [0.25, 0.3) is 0 Å². The SMILES string of the molecule is CCCCOC(=O)c1cc2cc(Br)cc(Br)c2oc1=O. The van der Waals surface area contributed by atoms with Crippen LogP contribution in [-0.2, 0) is 4.74 Å². The Morgan fingerprint density at radius 1 is 1.30 bits per heavy atom. The third-order valence-electron chi connectivity index (χ3n) is 2.70. The number of fused-ring (bicyclic) bond motifs is 1. The maximum Gasteiger partial charge on any atom is 0.351 e. The Morgan fingerprint density at radius 2 is 2.05 bits per heavy atom. The Hall–Kier alpha value is -1.14. The number of carbonyl (C=O) groups is 1. The van der Waals surface area contributed by atoms with Crippen molar-refractivity contribution in [2.45, 2.75) is 19.8 Å². The average molecular weight is 404 g/mol. The molecule has 0 N–H and O–H groups in total. The van der Waals surface area contributed by atoms with Gasteiger partial charge in [-0.2, -0.15) is 0 Å². The van der Waals surface area contributed by atoms with Crippen molar-refractivity contribution < 1.29 is 13.9 Å². The summed E-state index contributed by atoms with van der Waals surface area (Å²) in [5.41, 5.74) is -0.371. The van der Waals surface area contributed by atoms with E-state index in [0.29, 0.717) is 22.0 Å². The number of hydrogen-bond donors (Lipinski definition) is 0. The lowest BCUT2D eigenvalue weighted by molar-refractivity contribution is 0.0495. The van der Waals surface area contributed by atoms with E-state index in [1.54, 1.807) is 12.1 Å². The highest BCUT2D eigenvalue weighted by molar-refractivity contribution is 9.11. The molecule has 0 bridgehead atoms. The van der Waals surface area contributed by atoms with E-state index in [9.17, 15) is 9.59 Å². The van der Waals surface area contributed by atoms with Crippen molar-refractivity contribution in [3.05, 3.63) is 43.1 Å². The minimum Gasteiger partial charge on any atom is -0.462 e. The molecule has 0 spiro atoms. The minimum atomic E-state index is -0.693. The lowest BCUT2D eigenvalue weighted by Gasteiger charge is -2.05. The second-order valence-corrected chi connectivity index (χ2v) is 6.01. The lowest BCUT2D eigenvalue weighted by Crippen LogP contribution is -2.17. The molecular formula is C14H12Br2O4. The van der Waals surface area contributed by atoms with Gasteiger partial charge in [-0.1, -0.05) is 29.3 Å². The Kier molecular flexibility index (Phi) is 4.99. The first kappa shape index (κ1) is 15.3. The zero-order valence-corrected chi connectivity index (χ0v) is 13.9. The Morgan fingerprint density at radius 3 is 2.75 bits per heavy atom. The van der Waals surface area contributed by atoms with Gasteiger partial charge in [0, 0.05) is 9.86 Å². The summed E-state index contributed by atoms with van der Waals surface area (Å²) in [5, 5.41) is 0.647. The summed E-state index contributed by atoms with van der Waals surface area (Å²) >= 11 is 6.66. The number of hydrogen-bond acceptors (Lipinski definition) is 4. The van der Waals surface area contributed by atoms with Gasteiger partial charge in [0.05, 0.1) is 11.1 Å². The third kappa shape index (κ3) is 3.30. The van der Waals surface area contributed by atoms with Crippen LogP contribution in [0.2, 0.25) is 0 Å². The number of rotatable bonds is 4. The zero-order chi connectivity index (χ0) is 14.7. The second kappa shape index (κ2) is 6.54. The van der Waals surface area contributed by atoms with E-state index in [-0.39, 0.29) is 5.56 Å². The molecule has 2 aromatic rings. The van der Waals surface area contributed by atoms with E-state index in [0.717, 1.165) is 17.3 Å². The quantitative estimate of drug-likeness (QED) is 0.434. The predicted molar refractivity (Wildman–Crippen MR) is 83.1 cm³/mol. The molecule has 106 valence electrons. The van der Waals surface area contributed by atoms with Crippen LogP contribution in [0, 0.1) is 0 Å². The van der Waals surface area contributed by atoms with Gasteiger partial charge in [0.2, 0.25) is 0 Å². The van der Waals surface area contributed by atoms with Crippen LogP contribution in [0.5, 0.6) is 0 Å². The number of esters is 1. The Bertz CT molecular complexity index is 706. The van der Waals surface area contributed by atoms with E-state index in [1.807, 2.05) is 6.92 Å². The summed E-state index contributed by atoms with van der Waals surface area (Å²) in [7, 11) is 0. The van der Waals surface area contributed by atoms with Crippen LogP contribution in [0.25, 0.3) is 11.0 Å². The molecule has 1 aromatic carbocycles. The van der Waals surface area contributed by atoms with Crippen molar-refractivity contribution in [3.8, 4) is 0 Å². The van der Waals surface area contributed by atoms with Gasteiger partial charge < -0.3 is 9.15 Å². The molecule has 0 amide bonds. The highest BCUT2D eigenvalue weighted by Gasteiger charge is 2.16.